The maximum absolute atomic E-state index is 13.5. The first-order chi connectivity index (χ1) is 19.2. The highest BCUT2D eigenvalue weighted by atomic mass is 79.9. The number of esters is 1. The summed E-state index contributed by atoms with van der Waals surface area (Å²) in [5, 5.41) is 2.15. The lowest BCUT2D eigenvalue weighted by Crippen LogP contribution is -2.52. The van der Waals surface area contributed by atoms with Crippen molar-refractivity contribution in [3.8, 4) is 5.75 Å². The number of Topliss-reactive ketones (excluding diaryl/α,β-unsaturated/α-hetero) is 1. The molecule has 202 valence electrons. The Balaban J connectivity index is 1.36. The quantitative estimate of drug-likeness (QED) is 0.113. The number of hydrazine groups is 1. The van der Waals surface area contributed by atoms with Crippen LogP contribution in [0, 0.1) is 11.8 Å². The molecule has 3 aromatic rings. The Morgan fingerprint density at radius 3 is 1.90 bits per heavy atom. The molecule has 3 amide bonds. The predicted molar refractivity (Wildman–Crippen MR) is 150 cm³/mol. The van der Waals surface area contributed by atoms with E-state index in [1.807, 2.05) is 12.2 Å². The van der Waals surface area contributed by atoms with Gasteiger partial charge in [-0.1, -0.05) is 39.7 Å². The van der Waals surface area contributed by atoms with Crippen LogP contribution in [0.2, 0.25) is 5.02 Å². The van der Waals surface area contributed by atoms with E-state index < -0.39 is 47.9 Å². The van der Waals surface area contributed by atoms with E-state index in [0.29, 0.717) is 23.4 Å². The number of benzene rings is 3. The summed E-state index contributed by atoms with van der Waals surface area (Å²) >= 11 is 9.28. The highest BCUT2D eigenvalue weighted by Crippen LogP contribution is 2.36. The van der Waals surface area contributed by atoms with E-state index in [9.17, 15) is 24.0 Å². The molecule has 40 heavy (non-hydrogen) atoms. The van der Waals surface area contributed by atoms with E-state index in [2.05, 4.69) is 15.9 Å². The normalized spacial score (nSPS) is 17.9. The molecule has 8 nitrogen and oxygen atoms in total. The Labute approximate surface area is 243 Å². The number of nitrogens with zero attached hydrogens (tertiary/aromatic N) is 2. The minimum atomic E-state index is -0.682. The van der Waals surface area contributed by atoms with Crippen molar-refractivity contribution in [2.24, 2.45) is 11.8 Å². The molecule has 10 heteroatoms. The van der Waals surface area contributed by atoms with Gasteiger partial charge in [0.05, 0.1) is 17.4 Å². The number of ketones is 1. The van der Waals surface area contributed by atoms with E-state index in [-0.39, 0.29) is 16.9 Å². The molecule has 1 aliphatic carbocycles. The molecule has 1 heterocycles. The predicted octanol–water partition coefficient (Wildman–Crippen LogP) is 5.51. The van der Waals surface area contributed by atoms with Gasteiger partial charge < -0.3 is 4.74 Å². The monoisotopic (exact) mass is 620 g/mol. The summed E-state index contributed by atoms with van der Waals surface area (Å²) in [6.07, 6.45) is 4.47. The fraction of sp³-hybridized carbons (Fsp3) is 0.167. The van der Waals surface area contributed by atoms with Crippen molar-refractivity contribution in [1.82, 2.24) is 10.0 Å². The van der Waals surface area contributed by atoms with Crippen molar-refractivity contribution < 1.29 is 28.7 Å². The number of rotatable bonds is 7. The minimum absolute atomic E-state index is 0.168. The molecular formula is C30H22BrClN2O6. The second-order valence-corrected chi connectivity index (χ2v) is 10.7. The highest BCUT2D eigenvalue weighted by Gasteiger charge is 2.51. The van der Waals surface area contributed by atoms with Gasteiger partial charge in [-0.25, -0.2) is 9.80 Å². The van der Waals surface area contributed by atoms with Crippen molar-refractivity contribution in [3.63, 3.8) is 0 Å². The smallest absolute Gasteiger partial charge is 0.343 e. The number of allylic oxidation sites excluding steroid dienone is 2. The maximum Gasteiger partial charge on any atom is 0.343 e. The van der Waals surface area contributed by atoms with Gasteiger partial charge in [0.2, 0.25) is 0 Å². The Morgan fingerprint density at radius 2 is 1.32 bits per heavy atom. The zero-order chi connectivity index (χ0) is 28.4. The second kappa shape index (κ2) is 11.6. The Morgan fingerprint density at radius 1 is 0.800 bits per heavy atom. The van der Waals surface area contributed by atoms with Crippen molar-refractivity contribution in [3.05, 3.63) is 111 Å². The summed E-state index contributed by atoms with van der Waals surface area (Å²) in [5.74, 6) is -3.71. The van der Waals surface area contributed by atoms with Crippen LogP contribution >= 0.6 is 27.5 Å². The third-order valence-corrected chi connectivity index (χ3v) is 7.59. The summed E-state index contributed by atoms with van der Waals surface area (Å²) < 4.78 is 6.20. The lowest BCUT2D eigenvalue weighted by Gasteiger charge is -2.30. The average Bonchev–Trinajstić information content (AvgIpc) is 3.22. The van der Waals surface area contributed by atoms with Gasteiger partial charge in [0.25, 0.3) is 17.7 Å². The third-order valence-electron chi connectivity index (χ3n) is 6.81. The SMILES string of the molecule is O=C(CN(C(=O)c1ccc(Cl)cc1)N1C(=O)[C@H]2CC=CC[C@H]2C1=O)c1ccc(OC(=O)c2ccc(Br)cc2)cc1. The molecule has 2 aliphatic rings. The zero-order valence-corrected chi connectivity index (χ0v) is 23.3. The number of amides is 3. The van der Waals surface area contributed by atoms with Gasteiger partial charge in [-0.3, -0.25) is 19.2 Å². The molecule has 0 radical (unpaired) electrons. The molecule has 2 atom stereocenters. The molecule has 0 bridgehead atoms. The molecular weight excluding hydrogens is 600 g/mol. The van der Waals surface area contributed by atoms with Crippen LogP contribution in [-0.2, 0) is 9.59 Å². The molecule has 0 N–H and O–H groups in total. The van der Waals surface area contributed by atoms with Crippen LogP contribution in [0.5, 0.6) is 5.75 Å². The lowest BCUT2D eigenvalue weighted by molar-refractivity contribution is -0.154. The number of fused-ring (bicyclic) bond motifs is 1. The topological polar surface area (TPSA) is 101 Å². The number of hydrogen-bond acceptors (Lipinski definition) is 6. The first-order valence-corrected chi connectivity index (χ1v) is 13.6. The summed E-state index contributed by atoms with van der Waals surface area (Å²) in [7, 11) is 0. The molecule has 0 spiro atoms. The van der Waals surface area contributed by atoms with Crippen molar-refractivity contribution in [2.45, 2.75) is 12.8 Å². The first kappa shape index (κ1) is 27.5. The Kier molecular flexibility index (Phi) is 7.95. The van der Waals surface area contributed by atoms with Gasteiger partial charge in [-0.2, -0.15) is 5.01 Å². The lowest BCUT2D eigenvalue weighted by atomic mass is 9.85. The number of imide groups is 1. The number of halogens is 2. The zero-order valence-electron chi connectivity index (χ0n) is 21.0. The van der Waals surface area contributed by atoms with E-state index >= 15 is 0 Å². The summed E-state index contributed by atoms with van der Waals surface area (Å²) in [5.41, 5.74) is 0.729. The van der Waals surface area contributed by atoms with Crippen molar-refractivity contribution in [2.75, 3.05) is 6.54 Å². The largest absolute Gasteiger partial charge is 0.423 e. The molecule has 5 rings (SSSR count). The molecule has 0 saturated carbocycles. The van der Waals surface area contributed by atoms with Gasteiger partial charge in [-0.15, -0.1) is 0 Å². The maximum atomic E-state index is 13.5. The standard InChI is InChI=1S/C30H22BrClN2O6/c31-21-11-5-20(6-12-21)30(39)40-23-15-9-18(10-16-23)26(35)17-33(27(36)19-7-13-22(32)14-8-19)34-28(37)24-3-1-2-4-25(24)29(34)38/h1-2,5-16,24-25H,3-4,17H2/t24-,25+. The van der Waals surface area contributed by atoms with Crippen LogP contribution in [-0.4, -0.2) is 46.0 Å². The van der Waals surface area contributed by atoms with E-state index in [1.165, 1.54) is 48.5 Å². The molecule has 1 saturated heterocycles. The summed E-state index contributed by atoms with van der Waals surface area (Å²) in [6.45, 7) is -0.552. The van der Waals surface area contributed by atoms with Crippen LogP contribution < -0.4 is 4.74 Å². The van der Waals surface area contributed by atoms with Gasteiger partial charge in [0.1, 0.15) is 12.3 Å². The Hall–Kier alpha value is -4.08. The van der Waals surface area contributed by atoms with Crippen LogP contribution in [0.1, 0.15) is 43.9 Å². The molecule has 3 aromatic carbocycles. The van der Waals surface area contributed by atoms with E-state index in [0.717, 1.165) is 14.5 Å². The van der Waals surface area contributed by atoms with E-state index in [1.54, 1.807) is 24.3 Å². The number of carbonyl (C=O) groups is 5. The molecule has 1 fully saturated rings. The van der Waals surface area contributed by atoms with Gasteiger partial charge in [0, 0.05) is 20.6 Å². The molecule has 1 aliphatic heterocycles. The van der Waals surface area contributed by atoms with Crippen molar-refractivity contribution >= 4 is 57.0 Å². The van der Waals surface area contributed by atoms with Crippen LogP contribution in [0.3, 0.4) is 0 Å². The third kappa shape index (κ3) is 5.61. The first-order valence-electron chi connectivity index (χ1n) is 12.4. The minimum Gasteiger partial charge on any atom is -0.423 e. The van der Waals surface area contributed by atoms with Gasteiger partial charge >= 0.3 is 5.97 Å². The van der Waals surface area contributed by atoms with Crippen LogP contribution in [0.15, 0.2) is 89.4 Å². The second-order valence-electron chi connectivity index (χ2n) is 9.36. The average molecular weight is 622 g/mol. The van der Waals surface area contributed by atoms with Gasteiger partial charge in [0.15, 0.2) is 5.78 Å². The highest BCUT2D eigenvalue weighted by molar-refractivity contribution is 9.10. The number of hydrogen-bond donors (Lipinski definition) is 0. The van der Waals surface area contributed by atoms with Crippen LogP contribution in [0.25, 0.3) is 0 Å². The molecule has 0 aromatic heterocycles. The Bertz CT molecular complexity index is 1490. The van der Waals surface area contributed by atoms with Crippen molar-refractivity contribution in [1.29, 1.82) is 0 Å². The van der Waals surface area contributed by atoms with Gasteiger partial charge in [-0.05, 0) is 85.6 Å². The molecule has 0 unspecified atom stereocenters. The number of ether oxygens (including phenoxy) is 1. The fourth-order valence-corrected chi connectivity index (χ4v) is 5.07. The van der Waals surface area contributed by atoms with E-state index in [4.69, 9.17) is 16.3 Å². The summed E-state index contributed by atoms with van der Waals surface area (Å²) in [6, 6.07) is 18.5. The fourth-order valence-electron chi connectivity index (χ4n) is 4.68. The summed E-state index contributed by atoms with van der Waals surface area (Å²) in [4.78, 5) is 65.8. The number of carbonyl (C=O) groups excluding carboxylic acids is 5. The van der Waals surface area contributed by atoms with Crippen LogP contribution in [0.4, 0.5) is 0 Å².